The Morgan fingerprint density at radius 2 is 1.94 bits per heavy atom. The second-order valence-corrected chi connectivity index (χ2v) is 6.21. The van der Waals surface area contributed by atoms with Gasteiger partial charge in [0.1, 0.15) is 9.15 Å². The third-order valence-corrected chi connectivity index (χ3v) is 3.56. The minimum absolute atomic E-state index is 0.0814. The molecule has 0 atom stereocenters. The molecule has 0 saturated heterocycles. The van der Waals surface area contributed by atoms with Gasteiger partial charge < -0.3 is 9.87 Å². The first kappa shape index (κ1) is 13.0. The van der Waals surface area contributed by atoms with Gasteiger partial charge in [0.25, 0.3) is 0 Å². The summed E-state index contributed by atoms with van der Waals surface area (Å²) in [6.45, 7) is 0.319. The largest absolute Gasteiger partial charge is 0.739 e. The van der Waals surface area contributed by atoms with E-state index in [1.54, 1.807) is 0 Å². The van der Waals surface area contributed by atoms with Crippen molar-refractivity contribution in [1.29, 1.82) is 0 Å². The normalized spacial score (nSPS) is 11.1. The van der Waals surface area contributed by atoms with E-state index in [4.69, 9.17) is 0 Å². The van der Waals surface area contributed by atoms with Crippen molar-refractivity contribution >= 4 is 25.9 Å². The maximum Gasteiger partial charge on any atom is 0.231 e. The Morgan fingerprint density at radius 1 is 1.31 bits per heavy atom. The van der Waals surface area contributed by atoms with E-state index in [0.29, 0.717) is 6.54 Å². The standard InChI is InChI=1S/C9H11NO4S2/c11-9(7-15-16(12,13)14)10-6-8-4-2-1-3-5-8/h1-5H,6-7H2,(H,10,11)(H,12,13,14)/p-1. The molecule has 7 heteroatoms. The van der Waals surface area contributed by atoms with Gasteiger partial charge in [-0.2, -0.15) is 0 Å². The molecule has 88 valence electrons. The van der Waals surface area contributed by atoms with Crippen molar-refractivity contribution in [2.45, 2.75) is 6.54 Å². The van der Waals surface area contributed by atoms with Crippen LogP contribution in [0.1, 0.15) is 5.56 Å². The van der Waals surface area contributed by atoms with Gasteiger partial charge in [-0.05, 0) is 16.4 Å². The van der Waals surface area contributed by atoms with Crippen LogP contribution in [0.4, 0.5) is 0 Å². The van der Waals surface area contributed by atoms with Crippen LogP contribution in [0.25, 0.3) is 0 Å². The lowest BCUT2D eigenvalue weighted by Crippen LogP contribution is -2.25. The molecule has 1 aromatic carbocycles. The molecule has 1 amide bonds. The Balaban J connectivity index is 2.31. The maximum absolute atomic E-state index is 11.1. The molecule has 0 unspecified atom stereocenters. The van der Waals surface area contributed by atoms with E-state index in [0.717, 1.165) is 5.56 Å². The molecule has 1 aromatic rings. The van der Waals surface area contributed by atoms with Crippen LogP contribution in [0.15, 0.2) is 30.3 Å². The highest BCUT2D eigenvalue weighted by atomic mass is 33.1. The van der Waals surface area contributed by atoms with Crippen LogP contribution in [-0.2, 0) is 20.5 Å². The van der Waals surface area contributed by atoms with Crippen LogP contribution >= 0.6 is 10.8 Å². The molecule has 0 saturated carbocycles. The lowest BCUT2D eigenvalue weighted by molar-refractivity contribution is -0.118. The third kappa shape index (κ3) is 5.74. The fraction of sp³-hybridized carbons (Fsp3) is 0.222. The Labute approximate surface area is 97.4 Å². The van der Waals surface area contributed by atoms with E-state index in [2.05, 4.69) is 5.32 Å². The van der Waals surface area contributed by atoms with Crippen molar-refractivity contribution in [3.8, 4) is 0 Å². The van der Waals surface area contributed by atoms with Crippen LogP contribution < -0.4 is 5.32 Å². The predicted octanol–water partition coefficient (Wildman–Crippen LogP) is 0.496. The number of hydrogen-bond donors (Lipinski definition) is 1. The average molecular weight is 260 g/mol. The summed E-state index contributed by atoms with van der Waals surface area (Å²) in [5.41, 5.74) is 0.908. The molecule has 0 aromatic heterocycles. The number of rotatable bonds is 5. The van der Waals surface area contributed by atoms with Crippen molar-refractivity contribution in [2.75, 3.05) is 5.75 Å². The average Bonchev–Trinajstić information content (AvgIpc) is 2.24. The van der Waals surface area contributed by atoms with Crippen molar-refractivity contribution < 1.29 is 17.8 Å². The monoisotopic (exact) mass is 260 g/mol. The van der Waals surface area contributed by atoms with Crippen LogP contribution in [-0.4, -0.2) is 24.6 Å². The van der Waals surface area contributed by atoms with Crippen molar-refractivity contribution in [2.24, 2.45) is 0 Å². The summed E-state index contributed by atoms with van der Waals surface area (Å²) in [5.74, 6) is -0.855. The van der Waals surface area contributed by atoms with Gasteiger partial charge in [0, 0.05) is 6.54 Å². The SMILES string of the molecule is O=C(CSS(=O)(=O)[O-])NCc1ccccc1. The molecule has 0 aliphatic carbocycles. The first-order valence-corrected chi connectivity index (χ1v) is 7.29. The molecule has 1 N–H and O–H groups in total. The van der Waals surface area contributed by atoms with Gasteiger partial charge in [-0.15, -0.1) is 0 Å². The van der Waals surface area contributed by atoms with Gasteiger partial charge in [-0.25, -0.2) is 8.42 Å². The summed E-state index contributed by atoms with van der Waals surface area (Å²) in [7, 11) is -4.31. The van der Waals surface area contributed by atoms with Gasteiger partial charge in [0.05, 0.1) is 5.75 Å². The highest BCUT2D eigenvalue weighted by Crippen LogP contribution is 2.07. The molecule has 1 rings (SSSR count). The molecular weight excluding hydrogens is 250 g/mol. The Hall–Kier alpha value is -1.05. The van der Waals surface area contributed by atoms with E-state index >= 15 is 0 Å². The maximum atomic E-state index is 11.1. The fourth-order valence-corrected chi connectivity index (χ4v) is 2.08. The summed E-state index contributed by atoms with van der Waals surface area (Å²) in [6.07, 6.45) is 0. The molecule has 0 heterocycles. The molecule has 5 nitrogen and oxygen atoms in total. The van der Waals surface area contributed by atoms with Crippen LogP contribution in [0, 0.1) is 0 Å². The number of hydrogen-bond acceptors (Lipinski definition) is 5. The molecule has 0 radical (unpaired) electrons. The number of carbonyl (C=O) groups excluding carboxylic acids is 1. The Kier molecular flexibility index (Phi) is 4.78. The Bertz CT molecular complexity index is 444. The summed E-state index contributed by atoms with van der Waals surface area (Å²) in [4.78, 5) is 11.1. The van der Waals surface area contributed by atoms with Gasteiger partial charge in [0.15, 0.2) is 0 Å². The van der Waals surface area contributed by atoms with E-state index in [9.17, 15) is 17.8 Å². The van der Waals surface area contributed by atoms with Crippen molar-refractivity contribution in [1.82, 2.24) is 5.32 Å². The quantitative estimate of drug-likeness (QED) is 0.615. The lowest BCUT2D eigenvalue weighted by Gasteiger charge is -2.06. The van der Waals surface area contributed by atoms with E-state index in [1.807, 2.05) is 30.3 Å². The minimum atomic E-state index is -4.40. The van der Waals surface area contributed by atoms with Crippen LogP contribution in [0.5, 0.6) is 0 Å². The van der Waals surface area contributed by atoms with E-state index in [1.165, 1.54) is 0 Å². The first-order valence-electron chi connectivity index (χ1n) is 4.38. The summed E-state index contributed by atoms with van der Waals surface area (Å²) in [5, 5.41) is 2.51. The second-order valence-electron chi connectivity index (χ2n) is 2.93. The number of carbonyl (C=O) groups is 1. The zero-order chi connectivity index (χ0) is 12.0. The van der Waals surface area contributed by atoms with Crippen molar-refractivity contribution in [3.05, 3.63) is 35.9 Å². The zero-order valence-electron chi connectivity index (χ0n) is 8.25. The summed E-state index contributed by atoms with van der Waals surface area (Å²) >= 11 is 0. The molecule has 0 aliphatic rings. The van der Waals surface area contributed by atoms with Crippen LogP contribution in [0.3, 0.4) is 0 Å². The van der Waals surface area contributed by atoms with Crippen LogP contribution in [0.2, 0.25) is 0 Å². The van der Waals surface area contributed by atoms with Gasteiger partial charge in [-0.3, -0.25) is 4.79 Å². The molecule has 0 spiro atoms. The Morgan fingerprint density at radius 3 is 2.50 bits per heavy atom. The molecule has 0 aliphatic heterocycles. The second kappa shape index (κ2) is 5.88. The third-order valence-electron chi connectivity index (χ3n) is 1.67. The highest BCUT2D eigenvalue weighted by molar-refractivity contribution is 8.70. The van der Waals surface area contributed by atoms with Crippen molar-refractivity contribution in [3.63, 3.8) is 0 Å². The smallest absolute Gasteiger partial charge is 0.231 e. The topological polar surface area (TPSA) is 86.3 Å². The zero-order valence-corrected chi connectivity index (χ0v) is 9.88. The van der Waals surface area contributed by atoms with E-state index < -0.39 is 15.1 Å². The molecule has 16 heavy (non-hydrogen) atoms. The highest BCUT2D eigenvalue weighted by Gasteiger charge is 2.04. The lowest BCUT2D eigenvalue weighted by atomic mass is 10.2. The number of amides is 1. The first-order chi connectivity index (χ1) is 7.47. The molecular formula is C9H10NO4S2-. The summed E-state index contributed by atoms with van der Waals surface area (Å²) < 4.78 is 30.7. The van der Waals surface area contributed by atoms with Gasteiger partial charge in [0.2, 0.25) is 5.91 Å². The van der Waals surface area contributed by atoms with Gasteiger partial charge in [-0.1, -0.05) is 30.3 Å². The molecule has 0 fully saturated rings. The molecule has 0 bridgehead atoms. The summed E-state index contributed by atoms with van der Waals surface area (Å²) in [6, 6.07) is 9.18. The predicted molar refractivity (Wildman–Crippen MR) is 60.4 cm³/mol. The number of nitrogens with one attached hydrogen (secondary N) is 1. The minimum Gasteiger partial charge on any atom is -0.739 e. The van der Waals surface area contributed by atoms with Gasteiger partial charge >= 0.3 is 0 Å². The fourth-order valence-electron chi connectivity index (χ4n) is 0.973. The van der Waals surface area contributed by atoms with E-state index in [-0.39, 0.29) is 16.5 Å². The number of benzene rings is 1.